The van der Waals surface area contributed by atoms with E-state index in [1.54, 1.807) is 12.1 Å². The summed E-state index contributed by atoms with van der Waals surface area (Å²) in [5.74, 6) is 0. The summed E-state index contributed by atoms with van der Waals surface area (Å²) in [5.41, 5.74) is 0.788. The van der Waals surface area contributed by atoms with Gasteiger partial charge >= 0.3 is 0 Å². The number of nitro benzene ring substituents is 1. The lowest BCUT2D eigenvalue weighted by Gasteiger charge is -1.94. The Morgan fingerprint density at radius 2 is 2.38 bits per heavy atom. The van der Waals surface area contributed by atoms with Gasteiger partial charge in [-0.15, -0.1) is 5.16 Å². The maximum Gasteiger partial charge on any atom is 0.269 e. The van der Waals surface area contributed by atoms with Crippen molar-refractivity contribution in [1.82, 2.24) is 0 Å². The topological polar surface area (TPSA) is 75.7 Å². The van der Waals surface area contributed by atoms with Crippen molar-refractivity contribution in [3.05, 3.63) is 39.9 Å². The van der Waals surface area contributed by atoms with Gasteiger partial charge in [0.15, 0.2) is 0 Å². The first-order valence-electron chi connectivity index (χ1n) is 3.63. The summed E-state index contributed by atoms with van der Waals surface area (Å²) >= 11 is 0. The van der Waals surface area contributed by atoms with Crippen LogP contribution in [0.15, 0.2) is 29.4 Å². The molecule has 68 valence electrons. The monoisotopic (exact) mass is 180 g/mol. The molecule has 0 atom stereocenters. The van der Waals surface area contributed by atoms with Gasteiger partial charge < -0.3 is 5.21 Å². The standard InChI is InChI=1S/C8H8N2O3/c11-9-5-4-7-2-1-3-8(6-7)10(12)13/h1-3,5-6,11H,4H2/b9-5+. The van der Waals surface area contributed by atoms with Crippen LogP contribution in [-0.2, 0) is 6.42 Å². The summed E-state index contributed by atoms with van der Waals surface area (Å²) < 4.78 is 0. The molecule has 0 saturated carbocycles. The summed E-state index contributed by atoms with van der Waals surface area (Å²) in [6.45, 7) is 0. The largest absolute Gasteiger partial charge is 0.411 e. The van der Waals surface area contributed by atoms with Crippen LogP contribution in [-0.4, -0.2) is 16.3 Å². The SMILES string of the molecule is O=[N+]([O-])c1cccc(C/C=N/O)c1. The van der Waals surface area contributed by atoms with E-state index < -0.39 is 4.92 Å². The Kier molecular flexibility index (Phi) is 2.97. The van der Waals surface area contributed by atoms with Crippen molar-refractivity contribution >= 4 is 11.9 Å². The van der Waals surface area contributed by atoms with Crippen molar-refractivity contribution in [2.24, 2.45) is 5.16 Å². The first-order chi connectivity index (χ1) is 6.24. The number of nitrogens with zero attached hydrogens (tertiary/aromatic N) is 2. The molecule has 0 aliphatic carbocycles. The Balaban J connectivity index is 2.85. The highest BCUT2D eigenvalue weighted by molar-refractivity contribution is 5.61. The second-order valence-corrected chi connectivity index (χ2v) is 2.43. The van der Waals surface area contributed by atoms with Gasteiger partial charge in [-0.05, 0) is 5.56 Å². The molecule has 1 rings (SSSR count). The van der Waals surface area contributed by atoms with Crippen molar-refractivity contribution in [3.63, 3.8) is 0 Å². The fourth-order valence-electron chi connectivity index (χ4n) is 0.943. The number of benzene rings is 1. The van der Waals surface area contributed by atoms with Gasteiger partial charge in [0.05, 0.1) is 4.92 Å². The van der Waals surface area contributed by atoms with E-state index in [4.69, 9.17) is 5.21 Å². The van der Waals surface area contributed by atoms with Crippen molar-refractivity contribution in [2.45, 2.75) is 6.42 Å². The molecule has 0 unspecified atom stereocenters. The van der Waals surface area contributed by atoms with Gasteiger partial charge in [-0.25, -0.2) is 0 Å². The van der Waals surface area contributed by atoms with Crippen LogP contribution in [0.4, 0.5) is 5.69 Å². The van der Waals surface area contributed by atoms with Gasteiger partial charge in [-0.3, -0.25) is 10.1 Å². The molecule has 0 heterocycles. The number of oxime groups is 1. The Bertz CT molecular complexity index is 336. The van der Waals surface area contributed by atoms with Gasteiger partial charge in [0.1, 0.15) is 0 Å². The van der Waals surface area contributed by atoms with E-state index in [0.717, 1.165) is 5.56 Å². The van der Waals surface area contributed by atoms with E-state index in [1.165, 1.54) is 18.3 Å². The highest BCUT2D eigenvalue weighted by atomic mass is 16.6. The molecular weight excluding hydrogens is 172 g/mol. The van der Waals surface area contributed by atoms with Crippen LogP contribution in [0.1, 0.15) is 5.56 Å². The van der Waals surface area contributed by atoms with Crippen molar-refractivity contribution in [1.29, 1.82) is 0 Å². The third-order valence-corrected chi connectivity index (χ3v) is 1.53. The molecule has 1 aromatic carbocycles. The lowest BCUT2D eigenvalue weighted by Crippen LogP contribution is -1.91. The fourth-order valence-corrected chi connectivity index (χ4v) is 0.943. The summed E-state index contributed by atoms with van der Waals surface area (Å²) in [6, 6.07) is 6.19. The van der Waals surface area contributed by atoms with Gasteiger partial charge in [-0.2, -0.15) is 0 Å². The zero-order valence-electron chi connectivity index (χ0n) is 6.75. The average molecular weight is 180 g/mol. The molecular formula is C8H8N2O3. The maximum atomic E-state index is 10.3. The molecule has 0 bridgehead atoms. The Morgan fingerprint density at radius 3 is 3.00 bits per heavy atom. The molecule has 13 heavy (non-hydrogen) atoms. The molecule has 0 fully saturated rings. The zero-order valence-corrected chi connectivity index (χ0v) is 6.75. The third-order valence-electron chi connectivity index (χ3n) is 1.53. The molecule has 0 radical (unpaired) electrons. The van der Waals surface area contributed by atoms with Crippen molar-refractivity contribution < 1.29 is 10.1 Å². The summed E-state index contributed by atoms with van der Waals surface area (Å²) in [6.07, 6.45) is 1.66. The highest BCUT2D eigenvalue weighted by Crippen LogP contribution is 2.12. The molecule has 0 aromatic heterocycles. The molecule has 0 spiro atoms. The molecule has 0 saturated heterocycles. The minimum absolute atomic E-state index is 0.0452. The first kappa shape index (κ1) is 9.18. The van der Waals surface area contributed by atoms with Gasteiger partial charge in [0.2, 0.25) is 0 Å². The molecule has 5 heteroatoms. The second-order valence-electron chi connectivity index (χ2n) is 2.43. The molecule has 0 aliphatic heterocycles. The highest BCUT2D eigenvalue weighted by Gasteiger charge is 2.04. The fraction of sp³-hybridized carbons (Fsp3) is 0.125. The van der Waals surface area contributed by atoms with Gasteiger partial charge in [0, 0.05) is 24.8 Å². The number of non-ortho nitro benzene ring substituents is 1. The molecule has 1 aromatic rings. The smallest absolute Gasteiger partial charge is 0.269 e. The van der Waals surface area contributed by atoms with Gasteiger partial charge in [-0.1, -0.05) is 12.1 Å². The summed E-state index contributed by atoms with van der Waals surface area (Å²) in [5, 5.41) is 21.3. The predicted molar refractivity (Wildman–Crippen MR) is 47.1 cm³/mol. The lowest BCUT2D eigenvalue weighted by molar-refractivity contribution is -0.384. The molecule has 0 amide bonds. The zero-order chi connectivity index (χ0) is 9.68. The van der Waals surface area contributed by atoms with Crippen LogP contribution in [0.2, 0.25) is 0 Å². The predicted octanol–water partition coefficient (Wildman–Crippen LogP) is 1.60. The number of hydrogen-bond acceptors (Lipinski definition) is 4. The number of nitro groups is 1. The van der Waals surface area contributed by atoms with Gasteiger partial charge in [0.25, 0.3) is 5.69 Å². The van der Waals surface area contributed by atoms with E-state index in [9.17, 15) is 10.1 Å². The van der Waals surface area contributed by atoms with Crippen LogP contribution in [0.5, 0.6) is 0 Å². The van der Waals surface area contributed by atoms with E-state index in [-0.39, 0.29) is 5.69 Å². The van der Waals surface area contributed by atoms with Crippen molar-refractivity contribution in [3.8, 4) is 0 Å². The molecule has 1 N–H and O–H groups in total. The van der Waals surface area contributed by atoms with Crippen LogP contribution >= 0.6 is 0 Å². The first-order valence-corrected chi connectivity index (χ1v) is 3.63. The third kappa shape index (κ3) is 2.55. The maximum absolute atomic E-state index is 10.3. The summed E-state index contributed by atoms with van der Waals surface area (Å²) in [4.78, 5) is 9.89. The summed E-state index contributed by atoms with van der Waals surface area (Å²) in [7, 11) is 0. The minimum Gasteiger partial charge on any atom is -0.411 e. The van der Waals surface area contributed by atoms with E-state index in [0.29, 0.717) is 6.42 Å². The molecule has 0 aliphatic rings. The number of rotatable bonds is 3. The number of hydrogen-bond donors (Lipinski definition) is 1. The lowest BCUT2D eigenvalue weighted by atomic mass is 10.1. The van der Waals surface area contributed by atoms with Crippen LogP contribution in [0, 0.1) is 10.1 Å². The normalized spacial score (nSPS) is 10.5. The van der Waals surface area contributed by atoms with E-state index in [1.807, 2.05) is 0 Å². The van der Waals surface area contributed by atoms with Crippen LogP contribution in [0.25, 0.3) is 0 Å². The van der Waals surface area contributed by atoms with E-state index >= 15 is 0 Å². The average Bonchev–Trinajstić information content (AvgIpc) is 2.15. The van der Waals surface area contributed by atoms with Crippen LogP contribution in [0.3, 0.4) is 0 Å². The van der Waals surface area contributed by atoms with E-state index in [2.05, 4.69) is 5.16 Å². The van der Waals surface area contributed by atoms with Crippen molar-refractivity contribution in [2.75, 3.05) is 0 Å². The second kappa shape index (κ2) is 4.20. The minimum atomic E-state index is -0.459. The Morgan fingerprint density at radius 1 is 1.62 bits per heavy atom. The van der Waals surface area contributed by atoms with Crippen LogP contribution < -0.4 is 0 Å². The Hall–Kier alpha value is -1.91. The molecule has 5 nitrogen and oxygen atoms in total. The quantitative estimate of drug-likeness (QED) is 0.332. The Labute approximate surface area is 74.5 Å².